The first-order chi connectivity index (χ1) is 14.2. The summed E-state index contributed by atoms with van der Waals surface area (Å²) in [6.07, 6.45) is 3.21. The average molecular weight is 392 g/mol. The number of nitrogens with one attached hydrogen (secondary N) is 2. The highest BCUT2D eigenvalue weighted by Crippen LogP contribution is 2.12. The topological polar surface area (TPSA) is 111 Å². The van der Waals surface area contributed by atoms with E-state index in [-0.39, 0.29) is 11.7 Å². The highest BCUT2D eigenvalue weighted by molar-refractivity contribution is 6.01. The summed E-state index contributed by atoms with van der Waals surface area (Å²) in [7, 11) is 1.55. The number of tetrazole rings is 1. The van der Waals surface area contributed by atoms with Gasteiger partial charge in [-0.15, -0.1) is 15.0 Å². The van der Waals surface area contributed by atoms with E-state index in [0.29, 0.717) is 24.5 Å². The number of anilines is 1. The third-order valence-electron chi connectivity index (χ3n) is 3.80. The second kappa shape index (κ2) is 9.90. The van der Waals surface area contributed by atoms with Gasteiger partial charge in [0, 0.05) is 25.4 Å². The van der Waals surface area contributed by atoms with Crippen LogP contribution >= 0.6 is 0 Å². The molecule has 0 bridgehead atoms. The zero-order valence-electron chi connectivity index (χ0n) is 15.8. The maximum absolute atomic E-state index is 12.0. The molecule has 0 atom stereocenters. The summed E-state index contributed by atoms with van der Waals surface area (Å²) in [5.41, 5.74) is 2.16. The Hall–Kier alpha value is -3.85. The van der Waals surface area contributed by atoms with Crippen LogP contribution in [0, 0.1) is 0 Å². The van der Waals surface area contributed by atoms with Crippen molar-refractivity contribution in [3.63, 3.8) is 0 Å². The minimum absolute atomic E-state index is 0.0375. The minimum atomic E-state index is -0.428. The van der Waals surface area contributed by atoms with Crippen LogP contribution in [0.4, 0.5) is 5.69 Å². The largest absolute Gasteiger partial charge is 0.383 e. The van der Waals surface area contributed by atoms with Crippen LogP contribution in [0.2, 0.25) is 0 Å². The lowest BCUT2D eigenvalue weighted by Gasteiger charge is -2.04. The van der Waals surface area contributed by atoms with E-state index < -0.39 is 5.91 Å². The molecule has 29 heavy (non-hydrogen) atoms. The van der Waals surface area contributed by atoms with Gasteiger partial charge in [-0.25, -0.2) is 0 Å². The van der Waals surface area contributed by atoms with Gasteiger partial charge in [-0.3, -0.25) is 9.59 Å². The van der Waals surface area contributed by atoms with Crippen LogP contribution in [0.25, 0.3) is 11.8 Å². The fourth-order valence-electron chi connectivity index (χ4n) is 2.36. The molecule has 2 aromatic carbocycles. The lowest BCUT2D eigenvalue weighted by Crippen LogP contribution is -2.28. The number of hydrogen-bond donors (Lipinski definition) is 2. The number of aromatic nitrogens is 4. The second-order valence-corrected chi connectivity index (χ2v) is 5.93. The molecule has 0 aliphatic heterocycles. The van der Waals surface area contributed by atoms with Crippen molar-refractivity contribution in [1.82, 2.24) is 25.5 Å². The lowest BCUT2D eigenvalue weighted by atomic mass is 10.2. The highest BCUT2D eigenvalue weighted by atomic mass is 16.5. The van der Waals surface area contributed by atoms with E-state index >= 15 is 0 Å². The molecular formula is C20H20N6O3. The van der Waals surface area contributed by atoms with Crippen LogP contribution in [0.3, 0.4) is 0 Å². The maximum Gasteiger partial charge on any atom is 0.292 e. The second-order valence-electron chi connectivity index (χ2n) is 5.93. The van der Waals surface area contributed by atoms with E-state index in [4.69, 9.17) is 4.74 Å². The number of methoxy groups -OCH3 is 1. The Balaban J connectivity index is 1.58. The first-order valence-electron chi connectivity index (χ1n) is 8.87. The Morgan fingerprint density at radius 3 is 2.59 bits per heavy atom. The quantitative estimate of drug-likeness (QED) is 0.446. The van der Waals surface area contributed by atoms with Gasteiger partial charge >= 0.3 is 0 Å². The Labute approximate surface area is 167 Å². The molecule has 2 amide bonds. The van der Waals surface area contributed by atoms with Crippen LogP contribution in [0.5, 0.6) is 0 Å². The van der Waals surface area contributed by atoms with Crippen LogP contribution < -0.4 is 10.6 Å². The van der Waals surface area contributed by atoms with E-state index in [1.54, 1.807) is 37.5 Å². The third-order valence-corrected chi connectivity index (χ3v) is 3.80. The fraction of sp³-hybridized carbons (Fsp3) is 0.150. The number of hydrogen-bond acceptors (Lipinski definition) is 6. The van der Waals surface area contributed by atoms with Crippen molar-refractivity contribution in [2.24, 2.45) is 0 Å². The predicted octanol–water partition coefficient (Wildman–Crippen LogP) is 1.69. The summed E-state index contributed by atoms with van der Waals surface area (Å²) in [5, 5.41) is 17.1. The molecular weight excluding hydrogens is 372 g/mol. The zero-order chi connectivity index (χ0) is 20.5. The van der Waals surface area contributed by atoms with Gasteiger partial charge in [-0.2, -0.15) is 0 Å². The summed E-state index contributed by atoms with van der Waals surface area (Å²) < 4.78 is 4.87. The number of benzene rings is 2. The summed E-state index contributed by atoms with van der Waals surface area (Å²) in [4.78, 5) is 25.2. The van der Waals surface area contributed by atoms with Crippen molar-refractivity contribution < 1.29 is 14.3 Å². The van der Waals surface area contributed by atoms with Gasteiger partial charge in [-0.05, 0) is 41.1 Å². The van der Waals surface area contributed by atoms with E-state index in [1.807, 2.05) is 30.3 Å². The van der Waals surface area contributed by atoms with E-state index in [9.17, 15) is 9.59 Å². The molecule has 0 spiro atoms. The standard InChI is InChI=1S/C20H20N6O3/c1-29-14-13-21-20(28)19-23-25-26(24-19)17-10-8-16(9-11-17)22-18(27)12-7-15-5-3-2-4-6-15/h2-12H,13-14H2,1H3,(H,21,28)(H,22,27). The average Bonchev–Trinajstić information content (AvgIpc) is 3.24. The van der Waals surface area contributed by atoms with Crippen LogP contribution in [-0.2, 0) is 9.53 Å². The van der Waals surface area contributed by atoms with Gasteiger partial charge in [0.25, 0.3) is 11.7 Å². The number of carbonyl (C=O) groups is 2. The van der Waals surface area contributed by atoms with E-state index in [0.717, 1.165) is 5.56 Å². The zero-order valence-corrected chi connectivity index (χ0v) is 15.8. The van der Waals surface area contributed by atoms with Crippen LogP contribution in [0.15, 0.2) is 60.7 Å². The Bertz CT molecular complexity index is 983. The first-order valence-corrected chi connectivity index (χ1v) is 8.87. The predicted molar refractivity (Wildman–Crippen MR) is 107 cm³/mol. The Kier molecular flexibility index (Phi) is 6.80. The Morgan fingerprint density at radius 2 is 1.86 bits per heavy atom. The highest BCUT2D eigenvalue weighted by Gasteiger charge is 2.13. The van der Waals surface area contributed by atoms with Gasteiger partial charge in [0.1, 0.15) is 0 Å². The summed E-state index contributed by atoms with van der Waals surface area (Å²) >= 11 is 0. The van der Waals surface area contributed by atoms with Gasteiger partial charge in [-0.1, -0.05) is 30.3 Å². The van der Waals surface area contributed by atoms with Gasteiger partial charge in [0.15, 0.2) is 0 Å². The number of rotatable bonds is 8. The van der Waals surface area contributed by atoms with Gasteiger partial charge in [0.2, 0.25) is 5.91 Å². The molecule has 0 saturated heterocycles. The number of carbonyl (C=O) groups excluding carboxylic acids is 2. The third kappa shape index (κ3) is 5.81. The molecule has 148 valence electrons. The molecule has 3 rings (SSSR count). The van der Waals surface area contributed by atoms with Crippen molar-refractivity contribution in [2.45, 2.75) is 0 Å². The van der Waals surface area contributed by atoms with Crippen molar-refractivity contribution >= 4 is 23.6 Å². The SMILES string of the molecule is COCCNC(=O)c1nnn(-c2ccc(NC(=O)C=Cc3ccccc3)cc2)n1. The molecule has 1 aromatic heterocycles. The molecule has 0 saturated carbocycles. The molecule has 9 nitrogen and oxygen atoms in total. The molecule has 3 aromatic rings. The van der Waals surface area contributed by atoms with Crippen molar-refractivity contribution in [3.05, 3.63) is 72.1 Å². The van der Waals surface area contributed by atoms with E-state index in [1.165, 1.54) is 10.9 Å². The fourth-order valence-corrected chi connectivity index (χ4v) is 2.36. The van der Waals surface area contributed by atoms with Crippen LogP contribution in [-0.4, -0.2) is 52.3 Å². The summed E-state index contributed by atoms with van der Waals surface area (Å²) in [6, 6.07) is 16.4. The normalized spacial score (nSPS) is 10.8. The van der Waals surface area contributed by atoms with Crippen molar-refractivity contribution in [1.29, 1.82) is 0 Å². The van der Waals surface area contributed by atoms with Crippen LogP contribution in [0.1, 0.15) is 16.2 Å². The summed E-state index contributed by atoms with van der Waals surface area (Å²) in [6.45, 7) is 0.755. The first kappa shape index (κ1) is 19.9. The molecule has 0 unspecified atom stereocenters. The van der Waals surface area contributed by atoms with Gasteiger partial charge < -0.3 is 15.4 Å². The molecule has 9 heteroatoms. The van der Waals surface area contributed by atoms with Crippen molar-refractivity contribution in [3.8, 4) is 5.69 Å². The monoisotopic (exact) mass is 392 g/mol. The lowest BCUT2D eigenvalue weighted by molar-refractivity contribution is -0.111. The number of nitrogens with zero attached hydrogens (tertiary/aromatic N) is 4. The number of ether oxygens (including phenoxy) is 1. The molecule has 0 radical (unpaired) electrons. The number of amides is 2. The maximum atomic E-state index is 12.0. The molecule has 0 aliphatic carbocycles. The summed E-state index contributed by atoms with van der Waals surface area (Å²) in [5.74, 6) is -0.706. The van der Waals surface area contributed by atoms with Gasteiger partial charge in [0.05, 0.1) is 12.3 Å². The van der Waals surface area contributed by atoms with Crippen molar-refractivity contribution in [2.75, 3.05) is 25.6 Å². The Morgan fingerprint density at radius 1 is 1.10 bits per heavy atom. The molecule has 2 N–H and O–H groups in total. The smallest absolute Gasteiger partial charge is 0.292 e. The molecule has 0 aliphatic rings. The van der Waals surface area contributed by atoms with E-state index in [2.05, 4.69) is 26.0 Å². The molecule has 1 heterocycles. The molecule has 0 fully saturated rings. The minimum Gasteiger partial charge on any atom is -0.383 e.